The third kappa shape index (κ3) is 2.35. The molecule has 1 aromatic rings. The highest BCUT2D eigenvalue weighted by Crippen LogP contribution is 2.32. The van der Waals surface area contributed by atoms with Crippen LogP contribution in [-0.2, 0) is 0 Å². The number of phenolic OH excluding ortho intramolecular Hbond substituents is 1. The van der Waals surface area contributed by atoms with E-state index < -0.39 is 0 Å². The van der Waals surface area contributed by atoms with Gasteiger partial charge in [0.2, 0.25) is 0 Å². The maximum absolute atomic E-state index is 10.7. The Kier molecular flexibility index (Phi) is 3.44. The fourth-order valence-electron chi connectivity index (χ4n) is 2.09. The molecular weight excluding hydrogens is 204 g/mol. The van der Waals surface area contributed by atoms with Gasteiger partial charge in [0, 0.05) is 0 Å². The van der Waals surface area contributed by atoms with Gasteiger partial charge in [-0.25, -0.2) is 0 Å². The Balaban J connectivity index is 2.11. The maximum Gasteiger partial charge on any atom is 0.168 e. The Morgan fingerprint density at radius 1 is 1.25 bits per heavy atom. The first-order valence-electron chi connectivity index (χ1n) is 5.75. The Hall–Kier alpha value is -1.51. The van der Waals surface area contributed by atoms with Crippen molar-refractivity contribution in [2.75, 3.05) is 0 Å². The summed E-state index contributed by atoms with van der Waals surface area (Å²) in [5.74, 6) is 0.388. The monoisotopic (exact) mass is 220 g/mol. The van der Waals surface area contributed by atoms with Gasteiger partial charge >= 0.3 is 0 Å². The average Bonchev–Trinajstić information content (AvgIpc) is 2.33. The summed E-state index contributed by atoms with van der Waals surface area (Å²) in [6, 6.07) is 5.01. The number of hydrogen-bond acceptors (Lipinski definition) is 3. The van der Waals surface area contributed by atoms with Crippen LogP contribution in [0.2, 0.25) is 0 Å². The summed E-state index contributed by atoms with van der Waals surface area (Å²) in [5, 5.41) is 9.76. The van der Waals surface area contributed by atoms with Crippen molar-refractivity contribution in [2.45, 2.75) is 38.2 Å². The molecule has 0 radical (unpaired) electrons. The first-order chi connectivity index (χ1) is 7.81. The molecule has 1 N–H and O–H groups in total. The average molecular weight is 220 g/mol. The molecule has 3 heteroatoms. The molecule has 0 spiro atoms. The fourth-order valence-corrected chi connectivity index (χ4v) is 2.09. The van der Waals surface area contributed by atoms with Gasteiger partial charge in [0.1, 0.15) is 0 Å². The highest BCUT2D eigenvalue weighted by atomic mass is 16.5. The number of aldehydes is 1. The number of para-hydroxylation sites is 1. The lowest BCUT2D eigenvalue weighted by atomic mass is 9.98. The van der Waals surface area contributed by atoms with Crippen LogP contribution < -0.4 is 4.74 Å². The van der Waals surface area contributed by atoms with Gasteiger partial charge in [-0.15, -0.1) is 0 Å². The summed E-state index contributed by atoms with van der Waals surface area (Å²) in [7, 11) is 0. The van der Waals surface area contributed by atoms with E-state index in [2.05, 4.69) is 0 Å². The van der Waals surface area contributed by atoms with E-state index >= 15 is 0 Å². The molecule has 16 heavy (non-hydrogen) atoms. The molecule has 1 fully saturated rings. The Morgan fingerprint density at radius 3 is 2.69 bits per heavy atom. The van der Waals surface area contributed by atoms with Crippen molar-refractivity contribution in [3.8, 4) is 11.5 Å². The molecule has 1 saturated carbocycles. The molecule has 1 aliphatic carbocycles. The van der Waals surface area contributed by atoms with Gasteiger partial charge in [-0.3, -0.25) is 4.79 Å². The van der Waals surface area contributed by atoms with Crippen LogP contribution in [0.4, 0.5) is 0 Å². The number of ether oxygens (including phenoxy) is 1. The van der Waals surface area contributed by atoms with E-state index in [4.69, 9.17) is 4.74 Å². The van der Waals surface area contributed by atoms with Crippen molar-refractivity contribution in [2.24, 2.45) is 0 Å². The van der Waals surface area contributed by atoms with Crippen LogP contribution in [0.15, 0.2) is 18.2 Å². The number of hydrogen-bond donors (Lipinski definition) is 1. The Labute approximate surface area is 95.0 Å². The minimum atomic E-state index is -0.0388. The summed E-state index contributed by atoms with van der Waals surface area (Å²) in [5.41, 5.74) is 0.285. The molecule has 0 unspecified atom stereocenters. The summed E-state index contributed by atoms with van der Waals surface area (Å²) in [4.78, 5) is 10.7. The van der Waals surface area contributed by atoms with E-state index in [9.17, 15) is 9.90 Å². The number of benzene rings is 1. The van der Waals surface area contributed by atoms with Gasteiger partial charge in [0.05, 0.1) is 11.7 Å². The van der Waals surface area contributed by atoms with E-state index in [0.717, 1.165) is 12.8 Å². The van der Waals surface area contributed by atoms with Crippen LogP contribution in [0.3, 0.4) is 0 Å². The minimum Gasteiger partial charge on any atom is -0.504 e. The van der Waals surface area contributed by atoms with Crippen LogP contribution >= 0.6 is 0 Å². The first-order valence-corrected chi connectivity index (χ1v) is 5.75. The van der Waals surface area contributed by atoms with E-state index in [1.165, 1.54) is 19.3 Å². The molecule has 1 aromatic carbocycles. The zero-order chi connectivity index (χ0) is 11.4. The van der Waals surface area contributed by atoms with Crippen molar-refractivity contribution < 1.29 is 14.6 Å². The molecule has 0 aliphatic heterocycles. The second-order valence-corrected chi connectivity index (χ2v) is 4.19. The van der Waals surface area contributed by atoms with Gasteiger partial charge in [0.25, 0.3) is 0 Å². The first kappa shape index (κ1) is 11.0. The van der Waals surface area contributed by atoms with Crippen LogP contribution in [0, 0.1) is 0 Å². The van der Waals surface area contributed by atoms with Crippen molar-refractivity contribution >= 4 is 6.29 Å². The van der Waals surface area contributed by atoms with Crippen molar-refractivity contribution in [1.82, 2.24) is 0 Å². The predicted octanol–water partition coefficient (Wildman–Crippen LogP) is 2.92. The van der Waals surface area contributed by atoms with Crippen molar-refractivity contribution in [3.05, 3.63) is 23.8 Å². The Morgan fingerprint density at radius 2 is 2.00 bits per heavy atom. The summed E-state index contributed by atoms with van der Waals surface area (Å²) in [6.07, 6.45) is 6.51. The van der Waals surface area contributed by atoms with Gasteiger partial charge < -0.3 is 9.84 Å². The molecule has 2 rings (SSSR count). The normalized spacial score (nSPS) is 17.0. The van der Waals surface area contributed by atoms with Crippen molar-refractivity contribution in [3.63, 3.8) is 0 Å². The van der Waals surface area contributed by atoms with Crippen LogP contribution in [0.25, 0.3) is 0 Å². The highest BCUT2D eigenvalue weighted by molar-refractivity contribution is 5.80. The molecule has 1 aliphatic rings. The van der Waals surface area contributed by atoms with Gasteiger partial charge in [-0.2, -0.15) is 0 Å². The number of aromatic hydroxyl groups is 1. The lowest BCUT2D eigenvalue weighted by Gasteiger charge is -2.23. The maximum atomic E-state index is 10.7. The molecule has 0 saturated heterocycles. The fraction of sp³-hybridized carbons (Fsp3) is 0.462. The second-order valence-electron chi connectivity index (χ2n) is 4.19. The van der Waals surface area contributed by atoms with Crippen LogP contribution in [0.1, 0.15) is 42.5 Å². The zero-order valence-corrected chi connectivity index (χ0v) is 9.19. The topological polar surface area (TPSA) is 46.5 Å². The summed E-state index contributed by atoms with van der Waals surface area (Å²) < 4.78 is 5.72. The van der Waals surface area contributed by atoms with Crippen LogP contribution in [-0.4, -0.2) is 17.5 Å². The van der Waals surface area contributed by atoms with Gasteiger partial charge in [0.15, 0.2) is 17.8 Å². The number of rotatable bonds is 3. The van der Waals surface area contributed by atoms with E-state index in [-0.39, 0.29) is 17.4 Å². The number of phenols is 1. The number of carbonyl (C=O) groups excluding carboxylic acids is 1. The van der Waals surface area contributed by atoms with Crippen molar-refractivity contribution in [1.29, 1.82) is 0 Å². The second kappa shape index (κ2) is 5.01. The van der Waals surface area contributed by atoms with Gasteiger partial charge in [-0.1, -0.05) is 12.5 Å². The molecule has 86 valence electrons. The molecule has 0 bridgehead atoms. The lowest BCUT2D eigenvalue weighted by molar-refractivity contribution is 0.111. The predicted molar refractivity (Wildman–Crippen MR) is 61.0 cm³/mol. The standard InChI is InChI=1S/C13H16O3/c14-9-10-5-4-8-12(13(10)15)16-11-6-2-1-3-7-11/h4-5,8-9,11,15H,1-3,6-7H2. The van der Waals surface area contributed by atoms with E-state index in [1.54, 1.807) is 18.2 Å². The minimum absolute atomic E-state index is 0.0388. The third-order valence-electron chi connectivity index (χ3n) is 3.00. The molecule has 0 amide bonds. The molecule has 3 nitrogen and oxygen atoms in total. The van der Waals surface area contributed by atoms with E-state index in [0.29, 0.717) is 12.0 Å². The Bertz CT molecular complexity index is 367. The van der Waals surface area contributed by atoms with Gasteiger partial charge in [-0.05, 0) is 37.8 Å². The largest absolute Gasteiger partial charge is 0.504 e. The van der Waals surface area contributed by atoms with Crippen LogP contribution in [0.5, 0.6) is 11.5 Å². The SMILES string of the molecule is O=Cc1cccc(OC2CCCCC2)c1O. The summed E-state index contributed by atoms with van der Waals surface area (Å²) in [6.45, 7) is 0. The smallest absolute Gasteiger partial charge is 0.168 e. The quantitative estimate of drug-likeness (QED) is 0.797. The molecule has 0 atom stereocenters. The highest BCUT2D eigenvalue weighted by Gasteiger charge is 2.17. The molecule has 0 heterocycles. The summed E-state index contributed by atoms with van der Waals surface area (Å²) >= 11 is 0. The van der Waals surface area contributed by atoms with E-state index in [1.807, 2.05) is 0 Å². The third-order valence-corrected chi connectivity index (χ3v) is 3.00. The molecule has 0 aromatic heterocycles. The zero-order valence-electron chi connectivity index (χ0n) is 9.19. The lowest BCUT2D eigenvalue weighted by Crippen LogP contribution is -2.19. The molecular formula is C13H16O3. The number of carbonyl (C=O) groups is 1.